The number of aryl methyl sites for hydroxylation is 1. The van der Waals surface area contributed by atoms with Crippen molar-refractivity contribution in [2.24, 2.45) is 0 Å². The van der Waals surface area contributed by atoms with Gasteiger partial charge in [0.2, 0.25) is 0 Å². The SMILES string of the molecule is CPCCc1ccc([N+](=O)[O-])cc1. The lowest BCUT2D eigenvalue weighted by Crippen LogP contribution is -1.90. The van der Waals surface area contributed by atoms with Gasteiger partial charge in [0.05, 0.1) is 4.92 Å². The molecular formula is C9H12NO2P. The van der Waals surface area contributed by atoms with Crippen LogP contribution in [0, 0.1) is 10.1 Å². The van der Waals surface area contributed by atoms with Crippen molar-refractivity contribution in [1.29, 1.82) is 0 Å². The fourth-order valence-corrected chi connectivity index (χ4v) is 1.59. The molecule has 0 aliphatic rings. The zero-order valence-electron chi connectivity index (χ0n) is 7.49. The van der Waals surface area contributed by atoms with E-state index < -0.39 is 0 Å². The fourth-order valence-electron chi connectivity index (χ4n) is 1.05. The van der Waals surface area contributed by atoms with Gasteiger partial charge in [-0.05, 0) is 24.8 Å². The summed E-state index contributed by atoms with van der Waals surface area (Å²) in [5.41, 5.74) is 1.35. The highest BCUT2D eigenvalue weighted by atomic mass is 31.1. The minimum absolute atomic E-state index is 0.169. The molecule has 0 amide bonds. The minimum Gasteiger partial charge on any atom is -0.258 e. The predicted octanol–water partition coefficient (Wildman–Crippen LogP) is 2.45. The lowest BCUT2D eigenvalue weighted by Gasteiger charge is -1.98. The van der Waals surface area contributed by atoms with E-state index in [1.807, 2.05) is 12.1 Å². The Morgan fingerprint density at radius 2 is 2.00 bits per heavy atom. The van der Waals surface area contributed by atoms with Crippen LogP contribution in [0.5, 0.6) is 0 Å². The molecule has 0 fully saturated rings. The van der Waals surface area contributed by atoms with Crippen molar-refractivity contribution in [3.8, 4) is 0 Å². The van der Waals surface area contributed by atoms with Crippen LogP contribution in [0.4, 0.5) is 5.69 Å². The average Bonchev–Trinajstić information content (AvgIpc) is 2.15. The van der Waals surface area contributed by atoms with E-state index in [2.05, 4.69) is 6.66 Å². The van der Waals surface area contributed by atoms with Gasteiger partial charge < -0.3 is 0 Å². The van der Waals surface area contributed by atoms with Gasteiger partial charge in [-0.1, -0.05) is 12.1 Å². The summed E-state index contributed by atoms with van der Waals surface area (Å²) in [5.74, 6) is 0. The molecule has 0 heterocycles. The fraction of sp³-hybridized carbons (Fsp3) is 0.333. The van der Waals surface area contributed by atoms with E-state index in [0.29, 0.717) is 0 Å². The van der Waals surface area contributed by atoms with E-state index in [1.54, 1.807) is 12.1 Å². The summed E-state index contributed by atoms with van der Waals surface area (Å²) in [6.07, 6.45) is 2.19. The van der Waals surface area contributed by atoms with Gasteiger partial charge in [-0.25, -0.2) is 0 Å². The van der Waals surface area contributed by atoms with Crippen LogP contribution in [0.15, 0.2) is 24.3 Å². The predicted molar refractivity (Wildman–Crippen MR) is 55.9 cm³/mol. The molecule has 0 saturated heterocycles. The first-order valence-corrected chi connectivity index (χ1v) is 5.82. The van der Waals surface area contributed by atoms with Crippen LogP contribution in [0.25, 0.3) is 0 Å². The second-order valence-corrected chi connectivity index (χ2v) is 3.98. The number of non-ortho nitro benzene ring substituents is 1. The second kappa shape index (κ2) is 4.93. The number of nitrogens with zero attached hydrogens (tertiary/aromatic N) is 1. The highest BCUT2D eigenvalue weighted by Gasteiger charge is 2.02. The highest BCUT2D eigenvalue weighted by Crippen LogP contribution is 2.14. The minimum atomic E-state index is -0.370. The zero-order valence-corrected chi connectivity index (χ0v) is 8.49. The second-order valence-electron chi connectivity index (χ2n) is 2.78. The Morgan fingerprint density at radius 3 is 2.46 bits per heavy atom. The van der Waals surface area contributed by atoms with Crippen molar-refractivity contribution in [2.45, 2.75) is 6.42 Å². The maximum atomic E-state index is 10.3. The van der Waals surface area contributed by atoms with Gasteiger partial charge in [0.25, 0.3) is 5.69 Å². The molecular weight excluding hydrogens is 185 g/mol. The number of nitro benzene ring substituents is 1. The molecule has 0 saturated carbocycles. The Bertz CT molecular complexity index is 284. The molecule has 1 rings (SSSR count). The molecule has 0 N–H and O–H groups in total. The largest absolute Gasteiger partial charge is 0.269 e. The third kappa shape index (κ3) is 3.11. The lowest BCUT2D eigenvalue weighted by atomic mass is 10.1. The summed E-state index contributed by atoms with van der Waals surface area (Å²) in [5, 5.41) is 10.3. The van der Waals surface area contributed by atoms with Crippen molar-refractivity contribution in [3.05, 3.63) is 39.9 Å². The summed E-state index contributed by atoms with van der Waals surface area (Å²) in [6.45, 7) is 2.16. The van der Waals surface area contributed by atoms with Gasteiger partial charge >= 0.3 is 0 Å². The molecule has 0 aliphatic heterocycles. The topological polar surface area (TPSA) is 43.1 Å². The van der Waals surface area contributed by atoms with E-state index in [0.717, 1.165) is 21.2 Å². The first-order valence-electron chi connectivity index (χ1n) is 4.12. The molecule has 0 aliphatic carbocycles. The van der Waals surface area contributed by atoms with Crippen molar-refractivity contribution in [1.82, 2.24) is 0 Å². The Kier molecular flexibility index (Phi) is 3.84. The van der Waals surface area contributed by atoms with Crippen LogP contribution in [-0.2, 0) is 6.42 Å². The van der Waals surface area contributed by atoms with Gasteiger partial charge in [0.15, 0.2) is 0 Å². The molecule has 13 heavy (non-hydrogen) atoms. The molecule has 1 atom stereocenters. The number of hydrogen-bond acceptors (Lipinski definition) is 2. The molecule has 0 radical (unpaired) electrons. The zero-order chi connectivity index (χ0) is 9.68. The van der Waals surface area contributed by atoms with Crippen molar-refractivity contribution in [2.75, 3.05) is 12.8 Å². The molecule has 1 aromatic rings. The number of hydrogen-bond donors (Lipinski definition) is 0. The monoisotopic (exact) mass is 197 g/mol. The quantitative estimate of drug-likeness (QED) is 0.422. The van der Waals surface area contributed by atoms with Crippen LogP contribution >= 0.6 is 8.58 Å². The summed E-state index contributed by atoms with van der Waals surface area (Å²) in [7, 11) is 0.942. The van der Waals surface area contributed by atoms with Crippen LogP contribution < -0.4 is 0 Å². The molecule has 70 valence electrons. The highest BCUT2D eigenvalue weighted by molar-refractivity contribution is 7.36. The molecule has 0 bridgehead atoms. The van der Waals surface area contributed by atoms with Crippen molar-refractivity contribution < 1.29 is 4.92 Å². The first kappa shape index (κ1) is 10.1. The normalized spacial score (nSPS) is 10.8. The van der Waals surface area contributed by atoms with E-state index in [-0.39, 0.29) is 10.6 Å². The molecule has 4 heteroatoms. The summed E-state index contributed by atoms with van der Waals surface area (Å²) < 4.78 is 0. The molecule has 0 aromatic heterocycles. The van der Waals surface area contributed by atoms with Crippen molar-refractivity contribution in [3.63, 3.8) is 0 Å². The smallest absolute Gasteiger partial charge is 0.258 e. The van der Waals surface area contributed by atoms with Gasteiger partial charge in [-0.2, -0.15) is 0 Å². The maximum Gasteiger partial charge on any atom is 0.269 e. The van der Waals surface area contributed by atoms with Crippen LogP contribution in [0.2, 0.25) is 0 Å². The van der Waals surface area contributed by atoms with E-state index in [9.17, 15) is 10.1 Å². The van der Waals surface area contributed by atoms with Gasteiger partial charge in [-0.3, -0.25) is 10.1 Å². The number of nitro groups is 1. The van der Waals surface area contributed by atoms with Crippen molar-refractivity contribution >= 4 is 14.3 Å². The average molecular weight is 197 g/mol. The van der Waals surface area contributed by atoms with E-state index in [1.165, 1.54) is 5.56 Å². The van der Waals surface area contributed by atoms with Crippen LogP contribution in [0.3, 0.4) is 0 Å². The number of benzene rings is 1. The molecule has 3 nitrogen and oxygen atoms in total. The molecule has 0 spiro atoms. The Hall–Kier alpha value is -0.950. The third-order valence-electron chi connectivity index (χ3n) is 1.81. The van der Waals surface area contributed by atoms with Gasteiger partial charge in [0, 0.05) is 12.1 Å². The van der Waals surface area contributed by atoms with E-state index >= 15 is 0 Å². The lowest BCUT2D eigenvalue weighted by molar-refractivity contribution is -0.384. The summed E-state index contributed by atoms with van der Waals surface area (Å²) >= 11 is 0. The summed E-state index contributed by atoms with van der Waals surface area (Å²) in [4.78, 5) is 9.96. The van der Waals surface area contributed by atoms with Crippen LogP contribution in [0.1, 0.15) is 5.56 Å². The number of rotatable bonds is 4. The molecule has 1 unspecified atom stereocenters. The Balaban J connectivity index is 2.64. The molecule has 1 aromatic carbocycles. The first-order chi connectivity index (χ1) is 6.24. The van der Waals surface area contributed by atoms with Gasteiger partial charge in [0.1, 0.15) is 0 Å². The third-order valence-corrected chi connectivity index (χ3v) is 2.56. The Labute approximate surface area is 79.1 Å². The van der Waals surface area contributed by atoms with Gasteiger partial charge in [-0.15, -0.1) is 8.58 Å². The Morgan fingerprint density at radius 1 is 1.38 bits per heavy atom. The standard InChI is InChI=1S/C9H12NO2P/c1-13-7-6-8-2-4-9(5-3-8)10(11)12/h2-5,13H,6-7H2,1H3. The van der Waals surface area contributed by atoms with E-state index in [4.69, 9.17) is 0 Å². The van der Waals surface area contributed by atoms with Crippen LogP contribution in [-0.4, -0.2) is 17.8 Å². The maximum absolute atomic E-state index is 10.3. The summed E-state index contributed by atoms with van der Waals surface area (Å²) in [6, 6.07) is 6.79.